The van der Waals surface area contributed by atoms with Gasteiger partial charge in [-0.1, -0.05) is 13.8 Å². The molecular weight excluding hydrogens is 228 g/mol. The van der Waals surface area contributed by atoms with E-state index in [1.165, 1.54) is 0 Å². The molecule has 5 nitrogen and oxygen atoms in total. The lowest BCUT2D eigenvalue weighted by molar-refractivity contribution is 0.0944. The van der Waals surface area contributed by atoms with Crippen LogP contribution in [0.3, 0.4) is 0 Å². The molecular formula is C13H24N4O. The van der Waals surface area contributed by atoms with Gasteiger partial charge in [-0.25, -0.2) is 9.97 Å². The van der Waals surface area contributed by atoms with Gasteiger partial charge in [0.1, 0.15) is 18.0 Å². The largest absolute Gasteiger partial charge is 0.389 e. The molecule has 0 aliphatic heterocycles. The van der Waals surface area contributed by atoms with Gasteiger partial charge in [0, 0.05) is 18.7 Å². The lowest BCUT2D eigenvalue weighted by Crippen LogP contribution is -2.30. The highest BCUT2D eigenvalue weighted by molar-refractivity contribution is 5.57. The van der Waals surface area contributed by atoms with Gasteiger partial charge in [0.25, 0.3) is 0 Å². The van der Waals surface area contributed by atoms with Crippen LogP contribution in [0, 0.1) is 0 Å². The first-order valence-electron chi connectivity index (χ1n) is 6.52. The molecule has 0 saturated carbocycles. The van der Waals surface area contributed by atoms with Crippen LogP contribution in [0.2, 0.25) is 0 Å². The molecule has 5 heteroatoms. The molecule has 0 amide bonds. The van der Waals surface area contributed by atoms with Gasteiger partial charge in [-0.15, -0.1) is 0 Å². The summed E-state index contributed by atoms with van der Waals surface area (Å²) in [6.07, 6.45) is 3.45. The van der Waals surface area contributed by atoms with E-state index in [9.17, 15) is 5.11 Å². The first-order chi connectivity index (χ1) is 8.48. The number of nitrogens with one attached hydrogen (secondary N) is 2. The minimum absolute atomic E-state index is 0.463. The van der Waals surface area contributed by atoms with Crippen LogP contribution in [-0.2, 0) is 6.42 Å². The second kappa shape index (κ2) is 6.54. The van der Waals surface area contributed by atoms with Gasteiger partial charge in [-0.2, -0.15) is 0 Å². The van der Waals surface area contributed by atoms with Crippen LogP contribution < -0.4 is 10.6 Å². The van der Waals surface area contributed by atoms with Crippen molar-refractivity contribution in [3.05, 3.63) is 11.9 Å². The fraction of sp³-hybridized carbons (Fsp3) is 0.692. The Bertz CT molecular complexity index is 374. The van der Waals surface area contributed by atoms with Crippen LogP contribution in [0.15, 0.2) is 6.33 Å². The number of nitrogens with zero attached hydrogens (tertiary/aromatic N) is 2. The molecule has 0 unspecified atom stereocenters. The predicted molar refractivity (Wildman–Crippen MR) is 75.0 cm³/mol. The molecule has 1 rings (SSSR count). The third kappa shape index (κ3) is 4.49. The van der Waals surface area contributed by atoms with Crippen molar-refractivity contribution < 1.29 is 5.11 Å². The fourth-order valence-corrected chi connectivity index (χ4v) is 1.60. The molecule has 0 spiro atoms. The summed E-state index contributed by atoms with van der Waals surface area (Å²) >= 11 is 0. The summed E-state index contributed by atoms with van der Waals surface area (Å²) < 4.78 is 0. The van der Waals surface area contributed by atoms with Crippen molar-refractivity contribution in [1.82, 2.24) is 9.97 Å². The van der Waals surface area contributed by atoms with Gasteiger partial charge in [-0.3, -0.25) is 0 Å². The summed E-state index contributed by atoms with van der Waals surface area (Å²) in [5, 5.41) is 16.2. The first kappa shape index (κ1) is 14.7. The zero-order valence-corrected chi connectivity index (χ0v) is 11.7. The van der Waals surface area contributed by atoms with E-state index in [1.54, 1.807) is 20.2 Å². The van der Waals surface area contributed by atoms with E-state index in [0.717, 1.165) is 36.6 Å². The number of anilines is 2. The van der Waals surface area contributed by atoms with Gasteiger partial charge in [0.05, 0.1) is 5.60 Å². The molecule has 1 heterocycles. The molecule has 18 heavy (non-hydrogen) atoms. The van der Waals surface area contributed by atoms with Crippen LogP contribution in [-0.4, -0.2) is 33.8 Å². The maximum absolute atomic E-state index is 9.73. The van der Waals surface area contributed by atoms with Gasteiger partial charge in [-0.05, 0) is 26.7 Å². The average Bonchev–Trinajstić information content (AvgIpc) is 2.32. The van der Waals surface area contributed by atoms with Gasteiger partial charge >= 0.3 is 0 Å². The second-order valence-corrected chi connectivity index (χ2v) is 5.00. The minimum Gasteiger partial charge on any atom is -0.389 e. The zero-order valence-electron chi connectivity index (χ0n) is 11.7. The molecule has 0 atom stereocenters. The summed E-state index contributed by atoms with van der Waals surface area (Å²) in [7, 11) is 0. The normalized spacial score (nSPS) is 11.4. The van der Waals surface area contributed by atoms with Crippen molar-refractivity contribution in [2.75, 3.05) is 23.7 Å². The number of hydrogen-bond donors (Lipinski definition) is 3. The second-order valence-electron chi connectivity index (χ2n) is 5.00. The van der Waals surface area contributed by atoms with Gasteiger partial charge in [0.15, 0.2) is 0 Å². The summed E-state index contributed by atoms with van der Waals surface area (Å²) in [4.78, 5) is 8.52. The Labute approximate surface area is 109 Å². The molecule has 1 aromatic rings. The molecule has 3 N–H and O–H groups in total. The SMILES string of the molecule is CCCNc1ncnc(NCC(C)(C)O)c1CC. The number of hydrogen-bond acceptors (Lipinski definition) is 5. The van der Waals surface area contributed by atoms with Crippen molar-refractivity contribution in [2.45, 2.75) is 46.1 Å². The van der Waals surface area contributed by atoms with Crippen LogP contribution in [0.4, 0.5) is 11.6 Å². The Morgan fingerprint density at radius 2 is 1.78 bits per heavy atom. The molecule has 0 bridgehead atoms. The van der Waals surface area contributed by atoms with Crippen LogP contribution in [0.25, 0.3) is 0 Å². The highest BCUT2D eigenvalue weighted by atomic mass is 16.3. The van der Waals surface area contributed by atoms with Crippen molar-refractivity contribution in [2.24, 2.45) is 0 Å². The van der Waals surface area contributed by atoms with E-state index < -0.39 is 5.60 Å². The van der Waals surface area contributed by atoms with E-state index in [2.05, 4.69) is 34.4 Å². The summed E-state index contributed by atoms with van der Waals surface area (Å²) in [5.74, 6) is 1.68. The lowest BCUT2D eigenvalue weighted by Gasteiger charge is -2.20. The maximum atomic E-state index is 9.73. The molecule has 1 aromatic heterocycles. The third-order valence-electron chi connectivity index (χ3n) is 2.53. The van der Waals surface area contributed by atoms with Crippen LogP contribution >= 0.6 is 0 Å². The molecule has 0 aliphatic rings. The standard InChI is InChI=1S/C13H24N4O/c1-5-7-14-11-10(6-2)12(17-9-16-11)15-8-13(3,4)18/h9,18H,5-8H2,1-4H3,(H2,14,15,16,17). The molecule has 0 fully saturated rings. The van der Waals surface area contributed by atoms with E-state index in [4.69, 9.17) is 0 Å². The monoisotopic (exact) mass is 252 g/mol. The highest BCUT2D eigenvalue weighted by Crippen LogP contribution is 2.20. The number of rotatable bonds is 7. The Morgan fingerprint density at radius 1 is 1.17 bits per heavy atom. The van der Waals surface area contributed by atoms with Gasteiger partial charge in [0.2, 0.25) is 0 Å². The summed E-state index contributed by atoms with van der Waals surface area (Å²) in [6, 6.07) is 0. The summed E-state index contributed by atoms with van der Waals surface area (Å²) in [5.41, 5.74) is 0.308. The first-order valence-corrected chi connectivity index (χ1v) is 6.52. The molecule has 0 aliphatic carbocycles. The zero-order chi connectivity index (χ0) is 13.6. The summed E-state index contributed by atoms with van der Waals surface area (Å²) in [6.45, 7) is 9.09. The van der Waals surface area contributed by atoms with E-state index in [-0.39, 0.29) is 0 Å². The Morgan fingerprint density at radius 3 is 2.28 bits per heavy atom. The van der Waals surface area contributed by atoms with Gasteiger partial charge < -0.3 is 15.7 Å². The topological polar surface area (TPSA) is 70.1 Å². The Hall–Kier alpha value is -1.36. The van der Waals surface area contributed by atoms with E-state index in [1.807, 2.05) is 0 Å². The molecule has 0 aromatic carbocycles. The fourth-order valence-electron chi connectivity index (χ4n) is 1.60. The smallest absolute Gasteiger partial charge is 0.134 e. The van der Waals surface area contributed by atoms with E-state index >= 15 is 0 Å². The van der Waals surface area contributed by atoms with Crippen LogP contribution in [0.1, 0.15) is 39.7 Å². The molecule has 0 radical (unpaired) electrons. The molecule has 102 valence electrons. The maximum Gasteiger partial charge on any atom is 0.134 e. The van der Waals surface area contributed by atoms with Crippen LogP contribution in [0.5, 0.6) is 0 Å². The van der Waals surface area contributed by atoms with Crippen molar-refractivity contribution in [3.63, 3.8) is 0 Å². The predicted octanol–water partition coefficient (Wildman–Crippen LogP) is 2.04. The van der Waals surface area contributed by atoms with Crippen molar-refractivity contribution >= 4 is 11.6 Å². The van der Waals surface area contributed by atoms with Crippen molar-refractivity contribution in [1.29, 1.82) is 0 Å². The lowest BCUT2D eigenvalue weighted by atomic mass is 10.1. The Kier molecular flexibility index (Phi) is 5.34. The minimum atomic E-state index is -0.757. The quantitative estimate of drug-likeness (QED) is 0.693. The number of aromatic nitrogens is 2. The van der Waals surface area contributed by atoms with Crippen molar-refractivity contribution in [3.8, 4) is 0 Å². The molecule has 0 saturated heterocycles. The average molecular weight is 252 g/mol. The number of aliphatic hydroxyl groups is 1. The third-order valence-corrected chi connectivity index (χ3v) is 2.53. The Balaban J connectivity index is 2.83. The van der Waals surface area contributed by atoms with E-state index in [0.29, 0.717) is 6.54 Å². The highest BCUT2D eigenvalue weighted by Gasteiger charge is 2.15.